The van der Waals surface area contributed by atoms with E-state index < -0.39 is 24.2 Å². The van der Waals surface area contributed by atoms with Crippen LogP contribution < -0.4 is 0 Å². The van der Waals surface area contributed by atoms with Crippen molar-refractivity contribution in [3.63, 3.8) is 0 Å². The maximum Gasteiger partial charge on any atom is 0.135 e. The first kappa shape index (κ1) is 16.0. The Morgan fingerprint density at radius 3 is 1.66 bits per heavy atom. The van der Waals surface area contributed by atoms with Crippen molar-refractivity contribution in [3.8, 4) is 22.3 Å². The summed E-state index contributed by atoms with van der Waals surface area (Å²) in [6.45, 7) is 0. The Morgan fingerprint density at radius 1 is 0.390 bits per heavy atom. The molecule has 9 rings (SSSR count). The first-order valence-electron chi connectivity index (χ1n) is 17.4. The SMILES string of the molecule is [2H]c1c([2H])c([2H])c2c(-c3ccc4oc5ccccc5c4c3)c3c([2H])c([2H])c([2H])c([2H])c3c(-c3ccc4c(ccc5ccccc54)c3)c2c1[2H]. The Bertz CT molecular complexity index is 2850. The fourth-order valence-corrected chi connectivity index (χ4v) is 6.25. The summed E-state index contributed by atoms with van der Waals surface area (Å²) >= 11 is 0. The Kier molecular flexibility index (Phi) is 3.34. The van der Waals surface area contributed by atoms with Crippen LogP contribution in [0, 0.1) is 0 Å². The van der Waals surface area contributed by atoms with E-state index in [1.165, 1.54) is 0 Å². The largest absolute Gasteiger partial charge is 0.456 e. The lowest BCUT2D eigenvalue weighted by atomic mass is 9.85. The molecule has 1 nitrogen and oxygen atoms in total. The van der Waals surface area contributed by atoms with Gasteiger partial charge in [0, 0.05) is 10.8 Å². The average molecular weight is 529 g/mol. The van der Waals surface area contributed by atoms with Crippen molar-refractivity contribution in [1.29, 1.82) is 0 Å². The molecule has 190 valence electrons. The molecule has 0 atom stereocenters. The van der Waals surface area contributed by atoms with Crippen molar-refractivity contribution in [2.45, 2.75) is 0 Å². The van der Waals surface area contributed by atoms with Gasteiger partial charge in [-0.15, -0.1) is 0 Å². The van der Waals surface area contributed by atoms with Crippen LogP contribution in [-0.4, -0.2) is 0 Å². The van der Waals surface area contributed by atoms with Crippen molar-refractivity contribution < 1.29 is 15.4 Å². The van der Waals surface area contributed by atoms with Gasteiger partial charge in [0.15, 0.2) is 0 Å². The number of rotatable bonds is 2. The number of para-hydroxylation sites is 1. The van der Waals surface area contributed by atoms with Crippen molar-refractivity contribution in [2.24, 2.45) is 0 Å². The minimum atomic E-state index is -0.426. The molecule has 8 aromatic carbocycles. The number of hydrogen-bond acceptors (Lipinski definition) is 1. The molecule has 41 heavy (non-hydrogen) atoms. The predicted octanol–water partition coefficient (Wildman–Crippen LogP) is 11.5. The lowest BCUT2D eigenvalue weighted by Crippen LogP contribution is -1.91. The summed E-state index contributed by atoms with van der Waals surface area (Å²) in [4.78, 5) is 0. The summed E-state index contributed by atoms with van der Waals surface area (Å²) in [7, 11) is 0. The van der Waals surface area contributed by atoms with Crippen LogP contribution in [0.25, 0.3) is 87.3 Å². The monoisotopic (exact) mass is 528 g/mol. The van der Waals surface area contributed by atoms with E-state index in [2.05, 4.69) is 0 Å². The number of furan rings is 1. The van der Waals surface area contributed by atoms with E-state index in [9.17, 15) is 5.48 Å². The van der Waals surface area contributed by atoms with Crippen molar-refractivity contribution in [1.82, 2.24) is 0 Å². The van der Waals surface area contributed by atoms with Gasteiger partial charge in [-0.3, -0.25) is 0 Å². The van der Waals surface area contributed by atoms with Crippen LogP contribution in [0.1, 0.15) is 11.0 Å². The molecule has 1 aromatic heterocycles. The molecular weight excluding hydrogens is 496 g/mol. The fourth-order valence-electron chi connectivity index (χ4n) is 6.25. The Labute approximate surface area is 248 Å². The molecule has 0 aliphatic carbocycles. The van der Waals surface area contributed by atoms with Gasteiger partial charge in [0.05, 0.1) is 11.0 Å². The molecule has 1 heterocycles. The summed E-state index contributed by atoms with van der Waals surface area (Å²) in [5.74, 6) is 0. The third-order valence-corrected chi connectivity index (χ3v) is 8.07. The number of fused-ring (bicyclic) bond motifs is 8. The Morgan fingerprint density at radius 2 is 0.927 bits per heavy atom. The first-order chi connectivity index (χ1) is 23.7. The second-order valence-corrected chi connectivity index (χ2v) is 10.3. The van der Waals surface area contributed by atoms with E-state index in [-0.39, 0.29) is 45.7 Å². The molecule has 0 amide bonds. The molecule has 0 saturated carbocycles. The summed E-state index contributed by atoms with van der Waals surface area (Å²) in [6, 6.07) is 28.0. The predicted molar refractivity (Wildman–Crippen MR) is 175 cm³/mol. The van der Waals surface area contributed by atoms with E-state index in [0.717, 1.165) is 32.3 Å². The maximum absolute atomic E-state index is 9.26. The molecule has 1 heteroatoms. The first-order valence-corrected chi connectivity index (χ1v) is 13.4. The highest BCUT2D eigenvalue weighted by Crippen LogP contribution is 2.45. The van der Waals surface area contributed by atoms with Crippen LogP contribution in [0.15, 0.2) is 150 Å². The van der Waals surface area contributed by atoms with E-state index >= 15 is 0 Å². The molecule has 0 spiro atoms. The van der Waals surface area contributed by atoms with Crippen LogP contribution in [0.3, 0.4) is 0 Å². The van der Waals surface area contributed by atoms with E-state index in [1.54, 1.807) is 12.1 Å². The highest BCUT2D eigenvalue weighted by Gasteiger charge is 2.18. The normalized spacial score (nSPS) is 14.6. The van der Waals surface area contributed by atoms with Gasteiger partial charge in [0.2, 0.25) is 0 Å². The number of benzene rings is 8. The van der Waals surface area contributed by atoms with Gasteiger partial charge >= 0.3 is 0 Å². The summed E-state index contributed by atoms with van der Waals surface area (Å²) < 4.78 is 78.0. The van der Waals surface area contributed by atoms with Crippen LogP contribution in [0.5, 0.6) is 0 Å². The van der Waals surface area contributed by atoms with Gasteiger partial charge in [0.25, 0.3) is 0 Å². The fraction of sp³-hybridized carbons (Fsp3) is 0. The van der Waals surface area contributed by atoms with Gasteiger partial charge < -0.3 is 4.42 Å². The summed E-state index contributed by atoms with van der Waals surface area (Å²) in [6.07, 6.45) is 0. The van der Waals surface area contributed by atoms with Crippen molar-refractivity contribution >= 4 is 65.0 Å². The quantitative estimate of drug-likeness (QED) is 0.161. The molecule has 0 bridgehead atoms. The summed E-state index contributed by atoms with van der Waals surface area (Å²) in [5.41, 5.74) is 3.08. The Balaban J connectivity index is 1.51. The maximum atomic E-state index is 9.26. The molecule has 0 unspecified atom stereocenters. The smallest absolute Gasteiger partial charge is 0.135 e. The van der Waals surface area contributed by atoms with E-state index in [4.69, 9.17) is 9.90 Å². The zero-order valence-electron chi connectivity index (χ0n) is 29.6. The average Bonchev–Trinajstić information content (AvgIpc) is 3.51. The molecule has 0 aliphatic heterocycles. The van der Waals surface area contributed by atoms with E-state index in [1.807, 2.05) is 84.9 Å². The molecule has 0 saturated heterocycles. The van der Waals surface area contributed by atoms with Gasteiger partial charge in [-0.05, 0) is 89.6 Å². The van der Waals surface area contributed by atoms with Crippen molar-refractivity contribution in [2.75, 3.05) is 0 Å². The van der Waals surface area contributed by atoms with Crippen molar-refractivity contribution in [3.05, 3.63) is 145 Å². The molecular formula is C40H24O. The minimum Gasteiger partial charge on any atom is -0.456 e. The second-order valence-electron chi connectivity index (χ2n) is 10.3. The highest BCUT2D eigenvalue weighted by molar-refractivity contribution is 6.22. The minimum absolute atomic E-state index is 0.185. The van der Waals surface area contributed by atoms with Crippen LogP contribution >= 0.6 is 0 Å². The second kappa shape index (κ2) is 8.55. The van der Waals surface area contributed by atoms with Crippen LogP contribution in [0.2, 0.25) is 0 Å². The van der Waals surface area contributed by atoms with Gasteiger partial charge in [0.1, 0.15) is 11.2 Å². The molecule has 0 fully saturated rings. The van der Waals surface area contributed by atoms with Gasteiger partial charge in [-0.1, -0.05) is 121 Å². The van der Waals surface area contributed by atoms with Crippen LogP contribution in [0.4, 0.5) is 0 Å². The topological polar surface area (TPSA) is 13.1 Å². The van der Waals surface area contributed by atoms with Crippen LogP contribution in [-0.2, 0) is 0 Å². The third kappa shape index (κ3) is 3.30. The Hall–Kier alpha value is -5.40. The molecule has 0 aliphatic rings. The molecule has 0 radical (unpaired) electrons. The lowest BCUT2D eigenvalue weighted by Gasteiger charge is -2.18. The third-order valence-electron chi connectivity index (χ3n) is 8.07. The van der Waals surface area contributed by atoms with Gasteiger partial charge in [-0.25, -0.2) is 0 Å². The van der Waals surface area contributed by atoms with Gasteiger partial charge in [-0.2, -0.15) is 0 Å². The standard InChI is InChI=1S/C40H24O/c1-2-10-29-25(9-1)17-18-26-23-27(19-21-30(26)29)39-32-12-3-5-14-34(32)40(35-15-6-4-13-33(35)39)28-20-22-38-36(24-28)31-11-7-8-16-37(31)41-38/h1-24H/i3D,4D,5D,6D,12D,13D,14D,15D. The summed E-state index contributed by atoms with van der Waals surface area (Å²) in [5, 5.41) is 6.41. The molecule has 0 N–H and O–H groups in total. The highest BCUT2D eigenvalue weighted by atomic mass is 16.3. The molecule has 9 aromatic rings. The number of hydrogen-bond donors (Lipinski definition) is 0. The lowest BCUT2D eigenvalue weighted by molar-refractivity contribution is 0.669. The van der Waals surface area contributed by atoms with E-state index in [0.29, 0.717) is 33.4 Å². The zero-order chi connectivity index (χ0) is 33.9. The zero-order valence-corrected chi connectivity index (χ0v) is 21.6.